The fourth-order valence-corrected chi connectivity index (χ4v) is 5.85. The molecule has 0 aromatic carbocycles. The van der Waals surface area contributed by atoms with Crippen molar-refractivity contribution in [1.82, 2.24) is 20.0 Å². The van der Waals surface area contributed by atoms with E-state index in [2.05, 4.69) is 10.2 Å². The van der Waals surface area contributed by atoms with E-state index in [-0.39, 0.29) is 29.5 Å². The summed E-state index contributed by atoms with van der Waals surface area (Å²) in [6.45, 7) is 3.76. The summed E-state index contributed by atoms with van der Waals surface area (Å²) in [6, 6.07) is -0.717. The Morgan fingerprint density at radius 2 is 2.12 bits per heavy atom. The Hall–Kier alpha value is -1.94. The van der Waals surface area contributed by atoms with Gasteiger partial charge in [-0.2, -0.15) is 0 Å². The van der Waals surface area contributed by atoms with Gasteiger partial charge in [0.05, 0.1) is 6.04 Å². The summed E-state index contributed by atoms with van der Waals surface area (Å²) in [5.74, 6) is -1.50. The number of carboxylic acids is 1. The average molecular weight is 366 g/mol. The number of allylic oxidation sites excluding steroid dienone is 1. The monoisotopic (exact) mass is 366 g/mol. The van der Waals surface area contributed by atoms with Crippen LogP contribution in [-0.2, 0) is 14.4 Å². The van der Waals surface area contributed by atoms with Crippen molar-refractivity contribution in [2.24, 2.45) is 5.92 Å². The number of aromatic nitrogens is 2. The highest BCUT2D eigenvalue weighted by atomic mass is 32.2. The molecule has 1 N–H and O–H groups in total. The third kappa shape index (κ3) is 2.09. The third-order valence-electron chi connectivity index (χ3n) is 4.64. The fourth-order valence-electron chi connectivity index (χ4n) is 3.73. The van der Waals surface area contributed by atoms with Gasteiger partial charge in [-0.15, -0.1) is 10.2 Å². The highest BCUT2D eigenvalue weighted by molar-refractivity contribution is 8.04. The van der Waals surface area contributed by atoms with Crippen molar-refractivity contribution in [1.29, 1.82) is 0 Å². The molecule has 0 spiro atoms. The van der Waals surface area contributed by atoms with Gasteiger partial charge in [0, 0.05) is 24.3 Å². The second-order valence-corrected chi connectivity index (χ2v) is 8.57. The molecule has 4 heterocycles. The van der Waals surface area contributed by atoms with Gasteiger partial charge in [0.1, 0.15) is 16.7 Å². The predicted octanol–water partition coefficient (Wildman–Crippen LogP) is 0.696. The van der Waals surface area contributed by atoms with E-state index in [1.165, 1.54) is 34.9 Å². The van der Waals surface area contributed by atoms with E-state index in [9.17, 15) is 19.5 Å². The number of thioether (sulfide) groups is 1. The first kappa shape index (κ1) is 15.6. The molecule has 24 heavy (non-hydrogen) atoms. The molecular weight excluding hydrogens is 352 g/mol. The van der Waals surface area contributed by atoms with Gasteiger partial charge < -0.3 is 10.0 Å². The average Bonchev–Trinajstić information content (AvgIpc) is 3.07. The highest BCUT2D eigenvalue weighted by Gasteiger charge is 2.63. The number of β-lactam (4-membered cyclic amide) rings is 1. The lowest BCUT2D eigenvalue weighted by atomic mass is 9.82. The lowest BCUT2D eigenvalue weighted by Gasteiger charge is -2.49. The molecule has 2 amide bonds. The molecule has 3 aliphatic heterocycles. The smallest absolute Gasteiger partial charge is 0.353 e. The zero-order valence-electron chi connectivity index (χ0n) is 12.9. The Balaban J connectivity index is 1.71. The zero-order valence-corrected chi connectivity index (χ0v) is 14.6. The van der Waals surface area contributed by atoms with Crippen molar-refractivity contribution in [3.05, 3.63) is 15.6 Å². The van der Waals surface area contributed by atoms with Crippen LogP contribution in [0.1, 0.15) is 18.4 Å². The van der Waals surface area contributed by atoms with Crippen LogP contribution in [0.25, 0.3) is 0 Å². The standard InChI is InChI=1S/C14H14N4O4S2/c1-5-15-16-14(23-5)24-8-3-7-4-17(6(2)19)11-9(7)18(12(11)20)10(8)13(21)22/h7,9,11H,3-4H2,1-2H3,(H,21,22)/t7-,9-,11+/m1/s1. The van der Waals surface area contributed by atoms with Crippen LogP contribution in [0.3, 0.4) is 0 Å². The molecule has 4 rings (SSSR count). The maximum absolute atomic E-state index is 12.5. The van der Waals surface area contributed by atoms with Gasteiger partial charge in [-0.25, -0.2) is 4.79 Å². The lowest BCUT2D eigenvalue weighted by molar-refractivity contribution is -0.159. The van der Waals surface area contributed by atoms with Crippen LogP contribution >= 0.6 is 23.1 Å². The summed E-state index contributed by atoms with van der Waals surface area (Å²) < 4.78 is 0.658. The van der Waals surface area contributed by atoms with Crippen LogP contribution in [0.4, 0.5) is 0 Å². The Labute approximate surface area is 145 Å². The van der Waals surface area contributed by atoms with E-state index in [0.717, 1.165) is 5.01 Å². The number of hydrogen-bond acceptors (Lipinski definition) is 7. The number of aliphatic carboxylic acids is 1. The number of carbonyl (C=O) groups is 3. The van der Waals surface area contributed by atoms with Crippen molar-refractivity contribution in [3.63, 3.8) is 0 Å². The van der Waals surface area contributed by atoms with E-state index in [1.807, 2.05) is 6.92 Å². The van der Waals surface area contributed by atoms with Crippen molar-refractivity contribution >= 4 is 40.9 Å². The molecule has 2 fully saturated rings. The summed E-state index contributed by atoms with van der Waals surface area (Å²) >= 11 is 2.64. The molecule has 2 saturated heterocycles. The van der Waals surface area contributed by atoms with Crippen molar-refractivity contribution in [2.45, 2.75) is 36.7 Å². The van der Waals surface area contributed by atoms with E-state index in [0.29, 0.717) is 22.2 Å². The SMILES string of the molecule is CC(=O)N1C[C@H]2CC(Sc3nnc(C)s3)=C(C(=O)O)N3C(=O)[C@@H]1[C@@H]23. The quantitative estimate of drug-likeness (QED) is 0.785. The molecule has 0 radical (unpaired) electrons. The van der Waals surface area contributed by atoms with E-state index in [1.54, 1.807) is 4.90 Å². The van der Waals surface area contributed by atoms with Gasteiger partial charge >= 0.3 is 5.97 Å². The molecule has 8 nitrogen and oxygen atoms in total. The summed E-state index contributed by atoms with van der Waals surface area (Å²) in [7, 11) is 0. The zero-order chi connectivity index (χ0) is 17.2. The number of carboxylic acid groups (broad SMARTS) is 1. The Morgan fingerprint density at radius 3 is 2.71 bits per heavy atom. The molecule has 0 unspecified atom stereocenters. The summed E-state index contributed by atoms with van der Waals surface area (Å²) in [5, 5.41) is 18.4. The molecule has 1 aromatic heterocycles. The van der Waals surface area contributed by atoms with Gasteiger partial charge in [0.2, 0.25) is 5.91 Å². The molecule has 126 valence electrons. The van der Waals surface area contributed by atoms with Crippen LogP contribution in [-0.4, -0.2) is 61.5 Å². The molecule has 3 atom stereocenters. The minimum Gasteiger partial charge on any atom is -0.477 e. The Morgan fingerprint density at radius 1 is 1.38 bits per heavy atom. The molecule has 10 heteroatoms. The number of likely N-dealkylation sites (tertiary alicyclic amines) is 1. The topological polar surface area (TPSA) is 104 Å². The van der Waals surface area contributed by atoms with E-state index < -0.39 is 12.0 Å². The second kappa shape index (κ2) is 5.28. The van der Waals surface area contributed by atoms with Gasteiger partial charge in [-0.1, -0.05) is 23.1 Å². The first-order valence-electron chi connectivity index (χ1n) is 7.43. The van der Waals surface area contributed by atoms with E-state index >= 15 is 0 Å². The maximum Gasteiger partial charge on any atom is 0.353 e. The summed E-state index contributed by atoms with van der Waals surface area (Å²) in [4.78, 5) is 39.6. The molecule has 1 aromatic rings. The predicted molar refractivity (Wildman–Crippen MR) is 85.1 cm³/mol. The second-order valence-electron chi connectivity index (χ2n) is 6.05. The first-order chi connectivity index (χ1) is 11.4. The largest absolute Gasteiger partial charge is 0.477 e. The molecule has 0 bridgehead atoms. The maximum atomic E-state index is 12.5. The number of nitrogens with zero attached hydrogens (tertiary/aromatic N) is 4. The normalized spacial score (nSPS) is 28.1. The highest BCUT2D eigenvalue weighted by Crippen LogP contribution is 2.50. The minimum atomic E-state index is -1.12. The van der Waals surface area contributed by atoms with Gasteiger partial charge in [-0.05, 0) is 13.3 Å². The van der Waals surface area contributed by atoms with Crippen LogP contribution < -0.4 is 0 Å². The van der Waals surface area contributed by atoms with Gasteiger partial charge in [-0.3, -0.25) is 14.5 Å². The Bertz CT molecular complexity index is 804. The third-order valence-corrected chi connectivity index (χ3v) is 6.64. The van der Waals surface area contributed by atoms with Crippen molar-refractivity contribution in [3.8, 4) is 0 Å². The summed E-state index contributed by atoms with van der Waals surface area (Å²) in [5.41, 5.74) is 0.0285. The molecular formula is C14H14N4O4S2. The van der Waals surface area contributed by atoms with Crippen molar-refractivity contribution < 1.29 is 19.5 Å². The van der Waals surface area contributed by atoms with Crippen molar-refractivity contribution in [2.75, 3.05) is 6.54 Å². The fraction of sp³-hybridized carbons (Fsp3) is 0.500. The van der Waals surface area contributed by atoms with E-state index in [4.69, 9.17) is 0 Å². The van der Waals surface area contributed by atoms with Gasteiger partial charge in [0.15, 0.2) is 4.34 Å². The van der Waals surface area contributed by atoms with Crippen LogP contribution in [0, 0.1) is 12.8 Å². The number of rotatable bonds is 3. The van der Waals surface area contributed by atoms with Crippen LogP contribution in [0.2, 0.25) is 0 Å². The number of amides is 2. The lowest BCUT2D eigenvalue weighted by Crippen LogP contribution is -2.69. The number of hydrogen-bond donors (Lipinski definition) is 1. The first-order valence-corrected chi connectivity index (χ1v) is 9.06. The Kier molecular flexibility index (Phi) is 3.43. The molecule has 0 saturated carbocycles. The molecule has 0 aliphatic carbocycles. The van der Waals surface area contributed by atoms with Crippen LogP contribution in [0.5, 0.6) is 0 Å². The summed E-state index contributed by atoms with van der Waals surface area (Å²) in [6.07, 6.45) is 0.527. The number of aryl methyl sites for hydroxylation is 1. The molecule has 3 aliphatic rings. The van der Waals surface area contributed by atoms with Crippen LogP contribution in [0.15, 0.2) is 14.9 Å². The minimum absolute atomic E-state index is 0.0285. The van der Waals surface area contributed by atoms with Gasteiger partial charge in [0.25, 0.3) is 5.91 Å². The number of carbonyl (C=O) groups excluding carboxylic acids is 2.